The van der Waals surface area contributed by atoms with Gasteiger partial charge in [-0.3, -0.25) is 0 Å². The third-order valence-corrected chi connectivity index (χ3v) is 31.8. The van der Waals surface area contributed by atoms with E-state index in [4.69, 9.17) is 25.9 Å². The van der Waals surface area contributed by atoms with Crippen molar-refractivity contribution in [1.82, 2.24) is 0 Å². The standard InChI is InChI=1S/2C27H23O.C2H6Si.2ClH.Zr/c2*1-4-19-9-11-22-15-24(26-13-17(2)18(3)28-26)16-25(22)27(19)23-12-10-20-7-5-6-8-21(20)14-23;1-3-2;;;/h2*5-16H,4H2,1-3H3;1-2H3;2*1H;/q2*-1;;;;+2/p-2. The molecule has 0 fully saturated rings. The average Bonchev–Trinajstić information content (AvgIpc) is 4.08. The number of aryl methyl sites for hydroxylation is 6. The first kappa shape index (κ1) is 43.9. The van der Waals surface area contributed by atoms with E-state index in [0.29, 0.717) is 0 Å². The van der Waals surface area contributed by atoms with E-state index in [1.165, 1.54) is 87.6 Å². The fraction of sp³-hybridized carbons (Fsp3) is 0.179. The normalized spacial score (nSPS) is 11.2. The van der Waals surface area contributed by atoms with Crippen LogP contribution in [0, 0.1) is 27.7 Å². The molecule has 312 valence electrons. The third-order valence-electron chi connectivity index (χ3n) is 12.1. The molecule has 0 aliphatic heterocycles. The van der Waals surface area contributed by atoms with Crippen LogP contribution in [0.3, 0.4) is 0 Å². The Morgan fingerprint density at radius 2 is 0.887 bits per heavy atom. The molecule has 2 heterocycles. The monoisotopic (exact) mass is 944 g/mol. The van der Waals surface area contributed by atoms with Gasteiger partial charge in [0.1, 0.15) is 0 Å². The molecule has 0 radical (unpaired) electrons. The van der Waals surface area contributed by atoms with Gasteiger partial charge in [0.05, 0.1) is 23.0 Å². The Hall–Kier alpha value is -4.70. The molecule has 0 amide bonds. The molecule has 6 heteroatoms. The van der Waals surface area contributed by atoms with Crippen LogP contribution in [0.1, 0.15) is 47.6 Å². The summed E-state index contributed by atoms with van der Waals surface area (Å²) in [6.45, 7) is 17.0. The van der Waals surface area contributed by atoms with E-state index in [1.54, 1.807) is 0 Å². The van der Waals surface area contributed by atoms with E-state index in [0.717, 1.165) is 47.0 Å². The van der Waals surface area contributed by atoms with Gasteiger partial charge in [0, 0.05) is 0 Å². The molecule has 0 aliphatic rings. The van der Waals surface area contributed by atoms with Gasteiger partial charge in [-0.2, -0.15) is 0 Å². The molecule has 0 saturated heterocycles. The van der Waals surface area contributed by atoms with Crippen LogP contribution in [0.2, 0.25) is 13.1 Å². The first-order chi connectivity index (χ1) is 29.9. The summed E-state index contributed by atoms with van der Waals surface area (Å²) in [7, 11) is 11.2. The molecule has 0 aliphatic carbocycles. The number of benzene rings is 6. The van der Waals surface area contributed by atoms with Gasteiger partial charge in [-0.15, -0.1) is 57.9 Å². The van der Waals surface area contributed by atoms with E-state index >= 15 is 0 Å². The summed E-state index contributed by atoms with van der Waals surface area (Å²) in [5, 5.41) is 10.3. The minimum absolute atomic E-state index is 0.224. The number of hydrogen-bond acceptors (Lipinski definition) is 2. The molecule has 0 atom stereocenters. The summed E-state index contributed by atoms with van der Waals surface area (Å²) in [5.74, 6) is 3.89. The van der Waals surface area contributed by atoms with Crippen molar-refractivity contribution >= 4 is 65.5 Å². The zero-order chi connectivity index (χ0) is 43.7. The molecular weight excluding hydrogens is 895 g/mol. The van der Waals surface area contributed by atoms with Gasteiger partial charge in [0.15, 0.2) is 0 Å². The second-order valence-electron chi connectivity index (χ2n) is 16.5. The molecule has 0 bridgehead atoms. The van der Waals surface area contributed by atoms with Crippen molar-refractivity contribution in [2.45, 2.75) is 67.5 Å². The maximum atomic E-state index is 5.99. The van der Waals surface area contributed by atoms with E-state index in [2.05, 4.69) is 186 Å². The van der Waals surface area contributed by atoms with Crippen LogP contribution in [-0.2, 0) is 30.8 Å². The Morgan fingerprint density at radius 1 is 0.500 bits per heavy atom. The average molecular weight is 947 g/mol. The molecule has 8 aromatic carbocycles. The predicted octanol–water partition coefficient (Wildman–Crippen LogP) is 17.8. The van der Waals surface area contributed by atoms with Gasteiger partial charge in [-0.1, -0.05) is 121 Å². The Kier molecular flexibility index (Phi) is 13.4. The summed E-state index contributed by atoms with van der Waals surface area (Å²) in [6.07, 6.45) is 2.02. The second kappa shape index (κ2) is 19.0. The molecule has 0 spiro atoms. The first-order valence-electron chi connectivity index (χ1n) is 21.5. The summed E-state index contributed by atoms with van der Waals surface area (Å²) >= 11 is -1.65. The van der Waals surface area contributed by atoms with E-state index in [9.17, 15) is 0 Å². The van der Waals surface area contributed by atoms with E-state index in [1.807, 2.05) is 13.8 Å². The van der Waals surface area contributed by atoms with E-state index < -0.39 is 18.0 Å². The Bertz CT molecular complexity index is 3000. The van der Waals surface area contributed by atoms with Crippen LogP contribution in [-0.4, -0.2) is 5.43 Å². The number of hydrogen-bond donors (Lipinski definition) is 0. The number of halogens is 2. The van der Waals surface area contributed by atoms with Crippen molar-refractivity contribution < 1.29 is 26.8 Å². The molecule has 10 rings (SSSR count). The Balaban J connectivity index is 0.000000151. The number of rotatable bonds is 6. The molecular formula is C56H52Cl2O2SiZr-2. The molecule has 2 aromatic heterocycles. The number of furan rings is 2. The molecule has 2 nitrogen and oxygen atoms in total. The quantitative estimate of drug-likeness (QED) is 0.123. The Labute approximate surface area is 381 Å². The van der Waals surface area contributed by atoms with Gasteiger partial charge >= 0.3 is 53.5 Å². The van der Waals surface area contributed by atoms with Crippen molar-refractivity contribution in [2.24, 2.45) is 0 Å². The summed E-state index contributed by atoms with van der Waals surface area (Å²) in [5.41, 5.74) is 12.5. The third kappa shape index (κ3) is 9.18. The molecule has 0 N–H and O–H groups in total. The van der Waals surface area contributed by atoms with Gasteiger partial charge in [0.25, 0.3) is 0 Å². The van der Waals surface area contributed by atoms with Crippen molar-refractivity contribution in [1.29, 1.82) is 0 Å². The summed E-state index contributed by atoms with van der Waals surface area (Å²) < 4.78 is 12.0. The van der Waals surface area contributed by atoms with Gasteiger partial charge in [-0.05, 0) is 120 Å². The van der Waals surface area contributed by atoms with Crippen molar-refractivity contribution in [3.8, 4) is 44.9 Å². The number of fused-ring (bicyclic) bond motifs is 4. The predicted molar refractivity (Wildman–Crippen MR) is 267 cm³/mol. The van der Waals surface area contributed by atoms with Crippen LogP contribution in [0.5, 0.6) is 0 Å². The van der Waals surface area contributed by atoms with Crippen LogP contribution >= 0.6 is 17.0 Å². The van der Waals surface area contributed by atoms with Crippen LogP contribution < -0.4 is 0 Å². The van der Waals surface area contributed by atoms with Crippen LogP contribution in [0.4, 0.5) is 0 Å². The SMILES string of the molecule is CCc1ccc2[cH-]c(-c3cc(C)c(C)o3)cc2c1-c1ccc2ccccc2c1.CCc1ccc2[cH-]c(-c3cc(C)c(C)o3)cc2c1-c1ccc2ccccc2c1.C[Si](C)=[Zr]([Cl])[Cl]. The maximum absolute atomic E-state index is 5.99. The molecule has 10 aromatic rings. The van der Waals surface area contributed by atoms with E-state index in [-0.39, 0.29) is 5.43 Å². The van der Waals surface area contributed by atoms with Crippen molar-refractivity contribution in [2.75, 3.05) is 0 Å². The van der Waals surface area contributed by atoms with Crippen LogP contribution in [0.25, 0.3) is 88.0 Å². The molecule has 0 saturated carbocycles. The van der Waals surface area contributed by atoms with Gasteiger partial charge in [0.2, 0.25) is 0 Å². The topological polar surface area (TPSA) is 26.3 Å². The van der Waals surface area contributed by atoms with Crippen LogP contribution in [0.15, 0.2) is 154 Å². The van der Waals surface area contributed by atoms with Gasteiger partial charge in [-0.25, -0.2) is 0 Å². The zero-order valence-corrected chi connectivity index (χ0v) is 41.8. The fourth-order valence-corrected chi connectivity index (χ4v) is 8.33. The zero-order valence-electron chi connectivity index (χ0n) is 36.8. The molecule has 62 heavy (non-hydrogen) atoms. The molecule has 0 unspecified atom stereocenters. The summed E-state index contributed by atoms with van der Waals surface area (Å²) in [6, 6.07) is 53.1. The second-order valence-corrected chi connectivity index (χ2v) is 39.5. The first-order valence-corrected chi connectivity index (χ1v) is 34.0. The van der Waals surface area contributed by atoms with Crippen molar-refractivity contribution in [3.05, 3.63) is 179 Å². The fourth-order valence-electron chi connectivity index (χ4n) is 8.33. The summed E-state index contributed by atoms with van der Waals surface area (Å²) in [4.78, 5) is 0. The Morgan fingerprint density at radius 3 is 1.23 bits per heavy atom. The minimum atomic E-state index is -1.65. The van der Waals surface area contributed by atoms with Gasteiger partial charge < -0.3 is 8.83 Å². The van der Waals surface area contributed by atoms with Crippen molar-refractivity contribution in [3.63, 3.8) is 0 Å².